The van der Waals surface area contributed by atoms with Gasteiger partial charge >= 0.3 is 0 Å². The van der Waals surface area contributed by atoms with Crippen LogP contribution in [-0.2, 0) is 0 Å². The number of rotatable bonds is 1. The lowest BCUT2D eigenvalue weighted by Gasteiger charge is -1.99. The van der Waals surface area contributed by atoms with E-state index in [4.69, 9.17) is 11.6 Å². The second-order valence-corrected chi connectivity index (χ2v) is 5.57. The molecule has 0 saturated carbocycles. The van der Waals surface area contributed by atoms with Crippen molar-refractivity contribution in [1.82, 2.24) is 9.97 Å². The van der Waals surface area contributed by atoms with Crippen LogP contribution in [0.2, 0.25) is 5.02 Å². The van der Waals surface area contributed by atoms with E-state index in [-0.39, 0.29) is 5.52 Å². The molecule has 1 heterocycles. The van der Waals surface area contributed by atoms with E-state index in [1.54, 1.807) is 6.07 Å². The highest BCUT2D eigenvalue weighted by Gasteiger charge is 2.11. The van der Waals surface area contributed by atoms with Crippen molar-refractivity contribution in [3.05, 3.63) is 50.6 Å². The van der Waals surface area contributed by atoms with Crippen LogP contribution in [0.5, 0.6) is 0 Å². The SMILES string of the molecule is Fc1cc(F)c2nc(-c3ccc(I)c(Cl)c3)[nH]c2c1. The molecule has 0 atom stereocenters. The predicted molar refractivity (Wildman–Crippen MR) is 79.2 cm³/mol. The summed E-state index contributed by atoms with van der Waals surface area (Å²) in [5, 5.41) is 0.588. The van der Waals surface area contributed by atoms with Crippen molar-refractivity contribution in [2.75, 3.05) is 0 Å². The quantitative estimate of drug-likeness (QED) is 0.596. The molecule has 1 N–H and O–H groups in total. The van der Waals surface area contributed by atoms with Crippen LogP contribution in [0.4, 0.5) is 8.78 Å². The minimum atomic E-state index is -0.686. The van der Waals surface area contributed by atoms with E-state index in [2.05, 4.69) is 32.6 Å². The topological polar surface area (TPSA) is 28.7 Å². The van der Waals surface area contributed by atoms with Crippen LogP contribution in [0.25, 0.3) is 22.4 Å². The summed E-state index contributed by atoms with van der Waals surface area (Å²) in [6.45, 7) is 0. The molecule has 0 bridgehead atoms. The van der Waals surface area contributed by atoms with Crippen LogP contribution in [0.15, 0.2) is 30.3 Å². The molecule has 3 rings (SSSR count). The Morgan fingerprint density at radius 1 is 1.16 bits per heavy atom. The molecule has 2 aromatic carbocycles. The van der Waals surface area contributed by atoms with Gasteiger partial charge in [0.1, 0.15) is 17.2 Å². The fourth-order valence-corrected chi connectivity index (χ4v) is 2.34. The summed E-state index contributed by atoms with van der Waals surface area (Å²) in [6, 6.07) is 7.41. The zero-order chi connectivity index (χ0) is 13.6. The Hall–Kier alpha value is -1.21. The van der Waals surface area contributed by atoms with Crippen LogP contribution < -0.4 is 0 Å². The van der Waals surface area contributed by atoms with Gasteiger partial charge in [-0.05, 0) is 40.8 Å². The molecule has 0 aliphatic heterocycles. The molecule has 0 aliphatic rings. The van der Waals surface area contributed by atoms with Gasteiger partial charge in [-0.3, -0.25) is 0 Å². The van der Waals surface area contributed by atoms with E-state index in [0.29, 0.717) is 16.4 Å². The Balaban J connectivity index is 2.20. The van der Waals surface area contributed by atoms with Crippen molar-refractivity contribution < 1.29 is 8.78 Å². The largest absolute Gasteiger partial charge is 0.338 e. The third kappa shape index (κ3) is 2.32. The summed E-state index contributed by atoms with van der Waals surface area (Å²) >= 11 is 8.15. The summed E-state index contributed by atoms with van der Waals surface area (Å²) < 4.78 is 27.6. The van der Waals surface area contributed by atoms with E-state index in [9.17, 15) is 8.78 Å². The van der Waals surface area contributed by atoms with Gasteiger partial charge in [0.25, 0.3) is 0 Å². The number of hydrogen-bond donors (Lipinski definition) is 1. The first kappa shape index (κ1) is 12.8. The van der Waals surface area contributed by atoms with E-state index < -0.39 is 11.6 Å². The van der Waals surface area contributed by atoms with Gasteiger partial charge in [0.15, 0.2) is 5.82 Å². The Morgan fingerprint density at radius 3 is 2.68 bits per heavy atom. The van der Waals surface area contributed by atoms with Crippen molar-refractivity contribution in [3.63, 3.8) is 0 Å². The number of nitrogens with one attached hydrogen (secondary N) is 1. The average Bonchev–Trinajstić information content (AvgIpc) is 2.76. The van der Waals surface area contributed by atoms with Gasteiger partial charge in [-0.25, -0.2) is 13.8 Å². The standard InChI is InChI=1S/C13H6ClF2IN2/c14-8-3-6(1-2-10(8)17)13-18-11-5-7(15)4-9(16)12(11)19-13/h1-5H,(H,18,19). The molecule has 2 nitrogen and oxygen atoms in total. The second kappa shape index (κ2) is 4.72. The highest BCUT2D eigenvalue weighted by molar-refractivity contribution is 14.1. The van der Waals surface area contributed by atoms with Gasteiger partial charge < -0.3 is 4.98 Å². The average molecular weight is 391 g/mol. The number of hydrogen-bond acceptors (Lipinski definition) is 1. The molecule has 19 heavy (non-hydrogen) atoms. The number of halogens is 4. The molecular formula is C13H6ClF2IN2. The number of benzene rings is 2. The van der Waals surface area contributed by atoms with Crippen molar-refractivity contribution in [2.45, 2.75) is 0 Å². The second-order valence-electron chi connectivity index (χ2n) is 4.00. The van der Waals surface area contributed by atoms with Gasteiger partial charge in [-0.2, -0.15) is 0 Å². The molecule has 3 aromatic rings. The fraction of sp³-hybridized carbons (Fsp3) is 0. The molecule has 0 unspecified atom stereocenters. The van der Waals surface area contributed by atoms with Gasteiger partial charge in [0, 0.05) is 15.2 Å². The van der Waals surface area contributed by atoms with Gasteiger partial charge in [-0.1, -0.05) is 17.7 Å². The first-order valence-corrected chi connectivity index (χ1v) is 6.80. The third-order valence-corrected chi connectivity index (χ3v) is 4.27. The van der Waals surface area contributed by atoms with Crippen LogP contribution in [0, 0.1) is 15.2 Å². The van der Waals surface area contributed by atoms with Crippen molar-refractivity contribution in [2.24, 2.45) is 0 Å². The minimum Gasteiger partial charge on any atom is -0.338 e. The van der Waals surface area contributed by atoms with Crippen LogP contribution in [-0.4, -0.2) is 9.97 Å². The lowest BCUT2D eigenvalue weighted by molar-refractivity contribution is 0.591. The maximum absolute atomic E-state index is 13.6. The number of H-pyrrole nitrogens is 1. The highest BCUT2D eigenvalue weighted by Crippen LogP contribution is 2.27. The number of aromatic amines is 1. The van der Waals surface area contributed by atoms with Gasteiger partial charge in [-0.15, -0.1) is 0 Å². The maximum atomic E-state index is 13.6. The zero-order valence-electron chi connectivity index (χ0n) is 9.35. The zero-order valence-corrected chi connectivity index (χ0v) is 12.3. The summed E-state index contributed by atoms with van der Waals surface area (Å²) in [5.74, 6) is -0.868. The predicted octanol–water partition coefficient (Wildman–Crippen LogP) is 4.77. The molecule has 96 valence electrons. The van der Waals surface area contributed by atoms with E-state index >= 15 is 0 Å². The Kier molecular flexibility index (Phi) is 3.18. The number of nitrogens with zero attached hydrogens (tertiary/aromatic N) is 1. The first-order chi connectivity index (χ1) is 9.04. The number of fused-ring (bicyclic) bond motifs is 1. The summed E-state index contributed by atoms with van der Waals surface area (Å²) in [7, 11) is 0. The molecule has 0 spiro atoms. The molecular weight excluding hydrogens is 385 g/mol. The molecule has 0 amide bonds. The number of aromatic nitrogens is 2. The van der Waals surface area contributed by atoms with Gasteiger partial charge in [0.2, 0.25) is 0 Å². The molecule has 0 radical (unpaired) electrons. The third-order valence-electron chi connectivity index (χ3n) is 2.70. The first-order valence-electron chi connectivity index (χ1n) is 5.35. The minimum absolute atomic E-state index is 0.117. The lowest BCUT2D eigenvalue weighted by Crippen LogP contribution is -1.82. The summed E-state index contributed by atoms with van der Waals surface area (Å²) in [4.78, 5) is 7.02. The highest BCUT2D eigenvalue weighted by atomic mass is 127. The van der Waals surface area contributed by atoms with E-state index in [1.165, 1.54) is 6.07 Å². The van der Waals surface area contributed by atoms with Crippen molar-refractivity contribution >= 4 is 45.2 Å². The van der Waals surface area contributed by atoms with E-state index in [1.807, 2.05) is 12.1 Å². The van der Waals surface area contributed by atoms with E-state index in [0.717, 1.165) is 15.2 Å². The normalized spacial score (nSPS) is 11.2. The molecule has 6 heteroatoms. The molecule has 0 saturated heterocycles. The Morgan fingerprint density at radius 2 is 1.95 bits per heavy atom. The van der Waals surface area contributed by atoms with Crippen molar-refractivity contribution in [3.8, 4) is 11.4 Å². The molecule has 0 aliphatic carbocycles. The molecule has 0 fully saturated rings. The Labute approximate surface area is 125 Å². The van der Waals surface area contributed by atoms with Crippen LogP contribution in [0.1, 0.15) is 0 Å². The monoisotopic (exact) mass is 390 g/mol. The maximum Gasteiger partial charge on any atom is 0.153 e. The Bertz CT molecular complexity index is 786. The smallest absolute Gasteiger partial charge is 0.153 e. The fourth-order valence-electron chi connectivity index (χ4n) is 1.82. The van der Waals surface area contributed by atoms with Crippen molar-refractivity contribution in [1.29, 1.82) is 0 Å². The summed E-state index contributed by atoms with van der Waals surface area (Å²) in [5.41, 5.74) is 1.16. The summed E-state index contributed by atoms with van der Waals surface area (Å²) in [6.07, 6.45) is 0. The van der Waals surface area contributed by atoms with Crippen LogP contribution in [0.3, 0.4) is 0 Å². The molecule has 1 aromatic heterocycles. The number of imidazole rings is 1. The van der Waals surface area contributed by atoms with Crippen LogP contribution >= 0.6 is 34.2 Å². The lowest BCUT2D eigenvalue weighted by atomic mass is 10.2. The van der Waals surface area contributed by atoms with Gasteiger partial charge in [0.05, 0.1) is 10.5 Å².